The normalized spacial score (nSPS) is 33.6. The maximum absolute atomic E-state index is 6.30. The van der Waals surface area contributed by atoms with Crippen LogP contribution in [-0.2, 0) is 31.8 Å². The highest BCUT2D eigenvalue weighted by Crippen LogP contribution is 2.53. The van der Waals surface area contributed by atoms with E-state index in [1.807, 2.05) is 12.1 Å². The van der Waals surface area contributed by atoms with E-state index in [0.29, 0.717) is 31.7 Å². The molecule has 2 aromatic rings. The Balaban J connectivity index is 1.18. The molecule has 3 aliphatic rings. The van der Waals surface area contributed by atoms with Gasteiger partial charge in [0.2, 0.25) is 0 Å². The Kier molecular flexibility index (Phi) is 4.97. The van der Waals surface area contributed by atoms with Gasteiger partial charge in [-0.05, 0) is 24.0 Å². The Hall–Kier alpha value is -1.72. The molecule has 142 valence electrons. The van der Waals surface area contributed by atoms with Crippen LogP contribution in [0.1, 0.15) is 11.1 Å². The Morgan fingerprint density at radius 1 is 0.741 bits per heavy atom. The molecule has 2 saturated heterocycles. The van der Waals surface area contributed by atoms with Crippen molar-refractivity contribution in [1.29, 1.82) is 0 Å². The molecule has 0 aromatic heterocycles. The third-order valence-electron chi connectivity index (χ3n) is 6.09. The van der Waals surface area contributed by atoms with Crippen LogP contribution >= 0.6 is 0 Å². The van der Waals surface area contributed by atoms with Gasteiger partial charge in [0.05, 0.1) is 38.1 Å². The average Bonchev–Trinajstić information content (AvgIpc) is 3.29. The fourth-order valence-corrected chi connectivity index (χ4v) is 4.70. The molecule has 2 bridgehead atoms. The lowest BCUT2D eigenvalue weighted by molar-refractivity contribution is -0.236. The van der Waals surface area contributed by atoms with E-state index >= 15 is 0 Å². The van der Waals surface area contributed by atoms with Crippen LogP contribution in [0.5, 0.6) is 0 Å². The summed E-state index contributed by atoms with van der Waals surface area (Å²) in [5.41, 5.74) is 2.61. The first kappa shape index (κ1) is 17.4. The Morgan fingerprint density at radius 3 is 1.89 bits per heavy atom. The number of ether oxygens (including phenoxy) is 4. The zero-order chi connectivity index (χ0) is 18.1. The second-order valence-electron chi connectivity index (χ2n) is 7.67. The highest BCUT2D eigenvalue weighted by Gasteiger charge is 2.66. The molecule has 0 spiro atoms. The Bertz CT molecular complexity index is 671. The minimum atomic E-state index is -0.101. The van der Waals surface area contributed by atoms with Crippen molar-refractivity contribution in [3.05, 3.63) is 71.8 Å². The van der Waals surface area contributed by atoms with Gasteiger partial charge in [-0.15, -0.1) is 0 Å². The van der Waals surface area contributed by atoms with E-state index in [1.54, 1.807) is 0 Å². The number of hydrogen-bond donors (Lipinski definition) is 0. The lowest BCUT2D eigenvalue weighted by atomic mass is 9.66. The quantitative estimate of drug-likeness (QED) is 0.719. The molecule has 6 unspecified atom stereocenters. The molecular formula is C23H26O4. The molecule has 4 nitrogen and oxygen atoms in total. The molecule has 2 heterocycles. The van der Waals surface area contributed by atoms with Crippen molar-refractivity contribution < 1.29 is 18.9 Å². The highest BCUT2D eigenvalue weighted by atomic mass is 16.7. The monoisotopic (exact) mass is 366 g/mol. The largest absolute Gasteiger partial charge is 0.375 e. The predicted molar refractivity (Wildman–Crippen MR) is 101 cm³/mol. The fraction of sp³-hybridized carbons (Fsp3) is 0.478. The minimum Gasteiger partial charge on any atom is -0.375 e. The number of fused-ring (bicyclic) bond motifs is 5. The van der Waals surface area contributed by atoms with Gasteiger partial charge in [-0.3, -0.25) is 0 Å². The first-order valence-corrected chi connectivity index (χ1v) is 9.98. The summed E-state index contributed by atoms with van der Waals surface area (Å²) in [6.07, 6.45) is 2.11. The third-order valence-corrected chi connectivity index (χ3v) is 6.09. The smallest absolute Gasteiger partial charge is 0.164 e. The van der Waals surface area contributed by atoms with Gasteiger partial charge >= 0.3 is 0 Å². The first-order valence-electron chi connectivity index (χ1n) is 9.98. The van der Waals surface area contributed by atoms with Gasteiger partial charge in [0.25, 0.3) is 0 Å². The van der Waals surface area contributed by atoms with Crippen molar-refractivity contribution >= 4 is 0 Å². The van der Waals surface area contributed by atoms with Crippen molar-refractivity contribution in [3.8, 4) is 0 Å². The molecular weight excluding hydrogens is 340 g/mol. The Morgan fingerprint density at radius 2 is 1.30 bits per heavy atom. The Labute approximate surface area is 160 Å². The summed E-state index contributed by atoms with van der Waals surface area (Å²) >= 11 is 0. The van der Waals surface area contributed by atoms with E-state index in [4.69, 9.17) is 18.9 Å². The van der Waals surface area contributed by atoms with Crippen LogP contribution < -0.4 is 0 Å². The molecule has 4 heteroatoms. The van der Waals surface area contributed by atoms with Crippen LogP contribution in [0.15, 0.2) is 60.7 Å². The summed E-state index contributed by atoms with van der Waals surface area (Å²) in [6, 6.07) is 21.0. The van der Waals surface area contributed by atoms with E-state index in [9.17, 15) is 0 Å². The average molecular weight is 366 g/mol. The molecule has 1 saturated carbocycles. The van der Waals surface area contributed by atoms with Crippen molar-refractivity contribution in [1.82, 2.24) is 0 Å². The molecule has 1 aliphatic carbocycles. The molecule has 0 N–H and O–H groups in total. The number of hydrogen-bond acceptors (Lipinski definition) is 4. The van der Waals surface area contributed by atoms with Crippen molar-refractivity contribution in [2.45, 2.75) is 37.4 Å². The zero-order valence-electron chi connectivity index (χ0n) is 15.4. The molecule has 5 rings (SSSR count). The van der Waals surface area contributed by atoms with Crippen LogP contribution in [0.25, 0.3) is 0 Å². The molecule has 6 atom stereocenters. The van der Waals surface area contributed by atoms with Gasteiger partial charge in [0, 0.05) is 11.8 Å². The summed E-state index contributed by atoms with van der Waals surface area (Å²) < 4.78 is 24.3. The maximum atomic E-state index is 6.30. The maximum Gasteiger partial charge on any atom is 0.164 e. The lowest BCUT2D eigenvalue weighted by Crippen LogP contribution is -2.63. The van der Waals surface area contributed by atoms with Crippen LogP contribution in [0.3, 0.4) is 0 Å². The summed E-state index contributed by atoms with van der Waals surface area (Å²) in [7, 11) is 0. The van der Waals surface area contributed by atoms with Crippen molar-refractivity contribution in [3.63, 3.8) is 0 Å². The van der Waals surface area contributed by atoms with E-state index in [-0.39, 0.29) is 24.6 Å². The van der Waals surface area contributed by atoms with Gasteiger partial charge in [0.1, 0.15) is 0 Å². The molecule has 2 aromatic carbocycles. The van der Waals surface area contributed by atoms with E-state index in [0.717, 1.165) is 12.8 Å². The summed E-state index contributed by atoms with van der Waals surface area (Å²) in [5, 5.41) is 0. The fourth-order valence-electron chi connectivity index (χ4n) is 4.70. The third kappa shape index (κ3) is 3.43. The van der Waals surface area contributed by atoms with Gasteiger partial charge < -0.3 is 18.9 Å². The standard InChI is InChI=1S/C23H26O4/c1-3-7-16(8-4-1)11-13-24-21-19-18-15-26-23(27-18)20(19)22(21)25-14-12-17-9-5-2-6-10-17/h1-10,18-23H,11-15H2. The molecule has 0 amide bonds. The van der Waals surface area contributed by atoms with E-state index < -0.39 is 0 Å². The highest BCUT2D eigenvalue weighted by molar-refractivity contribution is 5.16. The second kappa shape index (κ2) is 7.72. The first-order chi connectivity index (χ1) is 13.4. The summed E-state index contributed by atoms with van der Waals surface area (Å²) in [6.45, 7) is 2.11. The van der Waals surface area contributed by atoms with Gasteiger partial charge in [-0.1, -0.05) is 60.7 Å². The second-order valence-corrected chi connectivity index (χ2v) is 7.67. The SMILES string of the molecule is c1ccc(CCOC2C(OCCc3ccccc3)C3C4OCC(O4)C23)cc1. The van der Waals surface area contributed by atoms with Crippen LogP contribution in [0.2, 0.25) is 0 Å². The van der Waals surface area contributed by atoms with Gasteiger partial charge in [0.15, 0.2) is 6.29 Å². The minimum absolute atomic E-state index is 0.0739. The molecule has 3 fully saturated rings. The molecule has 0 radical (unpaired) electrons. The van der Waals surface area contributed by atoms with Gasteiger partial charge in [-0.2, -0.15) is 0 Å². The summed E-state index contributed by atoms with van der Waals surface area (Å²) in [4.78, 5) is 0. The van der Waals surface area contributed by atoms with Crippen LogP contribution in [0, 0.1) is 11.8 Å². The van der Waals surface area contributed by atoms with Crippen molar-refractivity contribution in [2.75, 3.05) is 19.8 Å². The summed E-state index contributed by atoms with van der Waals surface area (Å²) in [5.74, 6) is 0.738. The van der Waals surface area contributed by atoms with Gasteiger partial charge in [-0.25, -0.2) is 0 Å². The van der Waals surface area contributed by atoms with Crippen LogP contribution in [0.4, 0.5) is 0 Å². The number of benzene rings is 2. The van der Waals surface area contributed by atoms with Crippen molar-refractivity contribution in [2.24, 2.45) is 11.8 Å². The lowest BCUT2D eigenvalue weighted by Gasteiger charge is -2.50. The molecule has 27 heavy (non-hydrogen) atoms. The number of rotatable bonds is 8. The predicted octanol–water partition coefficient (Wildman–Crippen LogP) is 3.24. The zero-order valence-corrected chi connectivity index (χ0v) is 15.4. The topological polar surface area (TPSA) is 36.9 Å². The molecule has 2 aliphatic heterocycles. The van der Waals surface area contributed by atoms with E-state index in [2.05, 4.69) is 48.5 Å². The van der Waals surface area contributed by atoms with Crippen LogP contribution in [-0.4, -0.2) is 44.4 Å². The van der Waals surface area contributed by atoms with E-state index in [1.165, 1.54) is 11.1 Å².